The summed E-state index contributed by atoms with van der Waals surface area (Å²) in [6.45, 7) is 0. The van der Waals surface area contributed by atoms with Crippen molar-refractivity contribution in [2.45, 2.75) is 11.3 Å². The Hall–Kier alpha value is -2.06. The lowest BCUT2D eigenvalue weighted by Crippen LogP contribution is -1.99. The van der Waals surface area contributed by atoms with Crippen molar-refractivity contribution in [1.82, 2.24) is 0 Å². The van der Waals surface area contributed by atoms with Gasteiger partial charge in [0.15, 0.2) is 5.78 Å². The van der Waals surface area contributed by atoms with Crippen LogP contribution in [0.25, 0.3) is 10.8 Å². The molecule has 0 fully saturated rings. The van der Waals surface area contributed by atoms with Crippen LogP contribution in [0.15, 0.2) is 77.7 Å². The van der Waals surface area contributed by atoms with Crippen molar-refractivity contribution >= 4 is 28.3 Å². The van der Waals surface area contributed by atoms with Gasteiger partial charge in [0.2, 0.25) is 0 Å². The van der Waals surface area contributed by atoms with Gasteiger partial charge in [-0.05, 0) is 22.9 Å². The second-order valence-electron chi connectivity index (χ2n) is 4.90. The van der Waals surface area contributed by atoms with E-state index in [1.165, 1.54) is 15.7 Å². The number of carbonyl (C=O) groups is 1. The molecule has 0 radical (unpaired) electrons. The van der Waals surface area contributed by atoms with E-state index in [1.807, 2.05) is 36.4 Å². The molecule has 0 unspecified atom stereocenters. The normalized spacial score (nSPS) is 10.7. The molecular formula is C19H16OS. The lowest BCUT2D eigenvalue weighted by atomic mass is 10.1. The number of rotatable bonds is 5. The van der Waals surface area contributed by atoms with E-state index >= 15 is 0 Å². The largest absolute Gasteiger partial charge is 0.294 e. The first kappa shape index (κ1) is 13.9. The summed E-state index contributed by atoms with van der Waals surface area (Å²) in [5, 5.41) is 2.50. The highest BCUT2D eigenvalue weighted by molar-refractivity contribution is 7.99. The zero-order valence-corrected chi connectivity index (χ0v) is 12.5. The highest BCUT2D eigenvalue weighted by Gasteiger charge is 2.05. The second-order valence-corrected chi connectivity index (χ2v) is 6.06. The lowest BCUT2D eigenvalue weighted by Gasteiger charge is -2.04. The van der Waals surface area contributed by atoms with E-state index in [0.717, 1.165) is 11.3 Å². The Kier molecular flexibility index (Phi) is 4.37. The number of hydrogen-bond donors (Lipinski definition) is 0. The smallest absolute Gasteiger partial charge is 0.163 e. The predicted octanol–water partition coefficient (Wildman–Crippen LogP) is 5.20. The summed E-state index contributed by atoms with van der Waals surface area (Å²) in [5.74, 6) is 1.02. The van der Waals surface area contributed by atoms with Crippen LogP contribution in [-0.4, -0.2) is 11.5 Å². The quantitative estimate of drug-likeness (QED) is 0.474. The van der Waals surface area contributed by atoms with Crippen LogP contribution >= 0.6 is 11.8 Å². The summed E-state index contributed by atoms with van der Waals surface area (Å²) in [5.41, 5.74) is 0.802. The molecule has 0 bridgehead atoms. The van der Waals surface area contributed by atoms with Crippen LogP contribution in [0.5, 0.6) is 0 Å². The minimum absolute atomic E-state index is 0.212. The molecule has 3 aromatic rings. The summed E-state index contributed by atoms with van der Waals surface area (Å²) >= 11 is 1.74. The second kappa shape index (κ2) is 6.59. The highest BCUT2D eigenvalue weighted by atomic mass is 32.2. The van der Waals surface area contributed by atoms with Gasteiger partial charge in [0.25, 0.3) is 0 Å². The van der Waals surface area contributed by atoms with Crippen LogP contribution in [0.4, 0.5) is 0 Å². The number of fused-ring (bicyclic) bond motifs is 1. The van der Waals surface area contributed by atoms with Gasteiger partial charge in [0, 0.05) is 22.6 Å². The van der Waals surface area contributed by atoms with Gasteiger partial charge in [0.05, 0.1) is 0 Å². The zero-order chi connectivity index (χ0) is 14.5. The van der Waals surface area contributed by atoms with Gasteiger partial charge in [-0.2, -0.15) is 0 Å². The van der Waals surface area contributed by atoms with Gasteiger partial charge in [-0.15, -0.1) is 11.8 Å². The number of hydrogen-bond acceptors (Lipinski definition) is 2. The fourth-order valence-corrected chi connectivity index (χ4v) is 3.18. The molecule has 0 amide bonds. The van der Waals surface area contributed by atoms with Crippen molar-refractivity contribution in [1.29, 1.82) is 0 Å². The number of Topliss-reactive ketones (excluding diaryl/α,β-unsaturated/α-hetero) is 1. The van der Waals surface area contributed by atoms with Crippen molar-refractivity contribution in [2.75, 3.05) is 5.75 Å². The molecule has 0 N–H and O–H groups in total. The Balaban J connectivity index is 1.60. The fraction of sp³-hybridized carbons (Fsp3) is 0.105. The Labute approximate surface area is 129 Å². The summed E-state index contributed by atoms with van der Waals surface area (Å²) < 4.78 is 0. The van der Waals surface area contributed by atoms with Crippen molar-refractivity contribution in [3.8, 4) is 0 Å². The predicted molar refractivity (Wildman–Crippen MR) is 90.1 cm³/mol. The Morgan fingerprint density at radius 3 is 2.33 bits per heavy atom. The molecule has 0 heterocycles. The average Bonchev–Trinajstić information content (AvgIpc) is 2.55. The molecule has 104 valence electrons. The van der Waals surface area contributed by atoms with Crippen molar-refractivity contribution in [3.05, 3.63) is 78.4 Å². The standard InChI is InChI=1S/C19H16OS/c20-19(16-7-2-1-3-8-16)12-13-21-18-11-10-15-6-4-5-9-17(15)14-18/h1-11,14H,12-13H2. The number of ketones is 1. The first-order chi connectivity index (χ1) is 10.3. The molecule has 0 atom stereocenters. The number of carbonyl (C=O) groups excluding carboxylic acids is 1. The SMILES string of the molecule is O=C(CCSc1ccc2ccccc2c1)c1ccccc1. The van der Waals surface area contributed by atoms with Crippen molar-refractivity contribution < 1.29 is 4.79 Å². The summed E-state index contributed by atoms with van der Waals surface area (Å²) in [6, 6.07) is 24.3. The van der Waals surface area contributed by atoms with Gasteiger partial charge >= 0.3 is 0 Å². The first-order valence-electron chi connectivity index (χ1n) is 7.03. The van der Waals surface area contributed by atoms with E-state index in [4.69, 9.17) is 0 Å². The van der Waals surface area contributed by atoms with Crippen LogP contribution in [0.3, 0.4) is 0 Å². The minimum Gasteiger partial charge on any atom is -0.294 e. The van der Waals surface area contributed by atoms with E-state index in [0.29, 0.717) is 6.42 Å². The summed E-state index contributed by atoms with van der Waals surface area (Å²) in [7, 11) is 0. The molecule has 0 aliphatic heterocycles. The average molecular weight is 292 g/mol. The summed E-state index contributed by atoms with van der Waals surface area (Å²) in [6.07, 6.45) is 0.571. The molecule has 1 nitrogen and oxygen atoms in total. The van der Waals surface area contributed by atoms with E-state index in [1.54, 1.807) is 11.8 Å². The van der Waals surface area contributed by atoms with Gasteiger partial charge in [0.1, 0.15) is 0 Å². The molecular weight excluding hydrogens is 276 g/mol. The van der Waals surface area contributed by atoms with Crippen LogP contribution in [-0.2, 0) is 0 Å². The van der Waals surface area contributed by atoms with E-state index in [9.17, 15) is 4.79 Å². The van der Waals surface area contributed by atoms with E-state index < -0.39 is 0 Å². The topological polar surface area (TPSA) is 17.1 Å². The van der Waals surface area contributed by atoms with Gasteiger partial charge in [-0.1, -0.05) is 60.7 Å². The van der Waals surface area contributed by atoms with E-state index in [-0.39, 0.29) is 5.78 Å². The van der Waals surface area contributed by atoms with Crippen LogP contribution in [0, 0.1) is 0 Å². The molecule has 3 aromatic carbocycles. The molecule has 21 heavy (non-hydrogen) atoms. The maximum atomic E-state index is 12.0. The Bertz CT molecular complexity index is 750. The molecule has 0 aromatic heterocycles. The van der Waals surface area contributed by atoms with Crippen LogP contribution in [0.2, 0.25) is 0 Å². The lowest BCUT2D eigenvalue weighted by molar-refractivity contribution is 0.0989. The third-order valence-electron chi connectivity index (χ3n) is 3.41. The summed E-state index contributed by atoms with van der Waals surface area (Å²) in [4.78, 5) is 13.3. The number of thioether (sulfide) groups is 1. The van der Waals surface area contributed by atoms with E-state index in [2.05, 4.69) is 36.4 Å². The van der Waals surface area contributed by atoms with Crippen molar-refractivity contribution in [2.24, 2.45) is 0 Å². The fourth-order valence-electron chi connectivity index (χ4n) is 2.29. The third kappa shape index (κ3) is 3.53. The Morgan fingerprint density at radius 2 is 1.52 bits per heavy atom. The van der Waals surface area contributed by atoms with Gasteiger partial charge < -0.3 is 0 Å². The molecule has 0 aliphatic carbocycles. The van der Waals surface area contributed by atoms with Gasteiger partial charge in [-0.25, -0.2) is 0 Å². The first-order valence-corrected chi connectivity index (χ1v) is 8.01. The van der Waals surface area contributed by atoms with Crippen LogP contribution < -0.4 is 0 Å². The highest BCUT2D eigenvalue weighted by Crippen LogP contribution is 2.24. The molecule has 0 saturated heterocycles. The minimum atomic E-state index is 0.212. The van der Waals surface area contributed by atoms with Crippen LogP contribution in [0.1, 0.15) is 16.8 Å². The molecule has 0 aliphatic rings. The molecule has 2 heteroatoms. The Morgan fingerprint density at radius 1 is 0.810 bits per heavy atom. The third-order valence-corrected chi connectivity index (χ3v) is 4.41. The number of benzene rings is 3. The maximum absolute atomic E-state index is 12.0. The maximum Gasteiger partial charge on any atom is 0.163 e. The van der Waals surface area contributed by atoms with Crippen molar-refractivity contribution in [3.63, 3.8) is 0 Å². The molecule has 3 rings (SSSR count). The zero-order valence-electron chi connectivity index (χ0n) is 11.7. The monoisotopic (exact) mass is 292 g/mol. The molecule has 0 saturated carbocycles. The van der Waals surface area contributed by atoms with Gasteiger partial charge in [-0.3, -0.25) is 4.79 Å². The molecule has 0 spiro atoms.